The Hall–Kier alpha value is -3.16. The van der Waals surface area contributed by atoms with Gasteiger partial charge in [0.1, 0.15) is 17.0 Å². The molecule has 0 bridgehead atoms. The number of hydrogen-bond donors (Lipinski definition) is 1. The van der Waals surface area contributed by atoms with E-state index in [-0.39, 0.29) is 11.2 Å². The molecule has 1 N–H and O–H groups in total. The zero-order chi connectivity index (χ0) is 15.5. The molecule has 0 saturated carbocycles. The molecule has 0 spiro atoms. The van der Waals surface area contributed by atoms with E-state index in [9.17, 15) is 10.1 Å². The van der Waals surface area contributed by atoms with Gasteiger partial charge >= 0.3 is 5.69 Å². The van der Waals surface area contributed by atoms with Gasteiger partial charge in [0.15, 0.2) is 0 Å². The maximum Gasteiger partial charge on any atom is 0.323 e. The zero-order valence-electron chi connectivity index (χ0n) is 11.6. The van der Waals surface area contributed by atoms with Gasteiger partial charge in [-0.3, -0.25) is 10.1 Å². The van der Waals surface area contributed by atoms with Crippen LogP contribution >= 0.6 is 0 Å². The third-order valence-electron chi connectivity index (χ3n) is 3.03. The van der Waals surface area contributed by atoms with Gasteiger partial charge in [0.25, 0.3) is 0 Å². The molecule has 1 heterocycles. The summed E-state index contributed by atoms with van der Waals surface area (Å²) in [7, 11) is 0. The van der Waals surface area contributed by atoms with Crippen molar-refractivity contribution in [2.24, 2.45) is 0 Å². The molecule has 22 heavy (non-hydrogen) atoms. The Balaban J connectivity index is 1.96. The number of nitrogens with zero attached hydrogens (tertiary/aromatic N) is 3. The molecule has 3 rings (SSSR count). The van der Waals surface area contributed by atoms with Crippen LogP contribution in [0.4, 0.5) is 17.1 Å². The lowest BCUT2D eigenvalue weighted by Gasteiger charge is -2.08. The molecule has 0 radical (unpaired) electrons. The largest absolute Gasteiger partial charge is 0.494 e. The lowest BCUT2D eigenvalue weighted by atomic mass is 10.2. The van der Waals surface area contributed by atoms with Gasteiger partial charge in [0.05, 0.1) is 11.5 Å². The van der Waals surface area contributed by atoms with Gasteiger partial charge in [-0.05, 0) is 53.6 Å². The van der Waals surface area contributed by atoms with Crippen LogP contribution in [0, 0.1) is 10.1 Å². The van der Waals surface area contributed by atoms with Crippen molar-refractivity contribution < 1.29 is 14.3 Å². The van der Waals surface area contributed by atoms with E-state index < -0.39 is 4.92 Å². The molecule has 1 aromatic heterocycles. The summed E-state index contributed by atoms with van der Waals surface area (Å²) in [6.45, 7) is 2.48. The van der Waals surface area contributed by atoms with Crippen LogP contribution in [0.1, 0.15) is 6.92 Å². The van der Waals surface area contributed by atoms with E-state index in [2.05, 4.69) is 20.3 Å². The van der Waals surface area contributed by atoms with Crippen molar-refractivity contribution in [3.63, 3.8) is 0 Å². The fourth-order valence-electron chi connectivity index (χ4n) is 2.08. The molecule has 0 unspecified atom stereocenters. The van der Waals surface area contributed by atoms with Crippen molar-refractivity contribution in [2.75, 3.05) is 11.9 Å². The van der Waals surface area contributed by atoms with E-state index >= 15 is 0 Å². The summed E-state index contributed by atoms with van der Waals surface area (Å²) in [5.74, 6) is 0.735. The van der Waals surface area contributed by atoms with E-state index in [4.69, 9.17) is 4.74 Å². The molecule has 0 saturated heterocycles. The monoisotopic (exact) mass is 300 g/mol. The van der Waals surface area contributed by atoms with Gasteiger partial charge in [-0.15, -0.1) is 0 Å². The average Bonchev–Trinajstić information content (AvgIpc) is 2.97. The first-order valence-corrected chi connectivity index (χ1v) is 6.58. The fourth-order valence-corrected chi connectivity index (χ4v) is 2.08. The summed E-state index contributed by atoms with van der Waals surface area (Å²) in [6.07, 6.45) is 0. The van der Waals surface area contributed by atoms with E-state index in [1.165, 1.54) is 0 Å². The third kappa shape index (κ3) is 2.53. The number of fused-ring (bicyclic) bond motifs is 1. The maximum atomic E-state index is 11.3. The number of benzene rings is 2. The lowest BCUT2D eigenvalue weighted by molar-refractivity contribution is -0.382. The highest BCUT2D eigenvalue weighted by Crippen LogP contribution is 2.33. The van der Waals surface area contributed by atoms with Crippen LogP contribution in [0.15, 0.2) is 41.0 Å². The molecule has 0 aliphatic carbocycles. The Labute approximate surface area is 124 Å². The van der Waals surface area contributed by atoms with Crippen LogP contribution in [-0.2, 0) is 0 Å². The van der Waals surface area contributed by atoms with E-state index in [1.54, 1.807) is 36.4 Å². The second kappa shape index (κ2) is 5.68. The van der Waals surface area contributed by atoms with Crippen LogP contribution in [0.3, 0.4) is 0 Å². The van der Waals surface area contributed by atoms with Gasteiger partial charge in [-0.25, -0.2) is 4.63 Å². The molecule has 3 aromatic rings. The number of hydrogen-bond acceptors (Lipinski definition) is 7. The van der Waals surface area contributed by atoms with Crippen molar-refractivity contribution in [1.82, 2.24) is 10.3 Å². The third-order valence-corrected chi connectivity index (χ3v) is 3.03. The molecular weight excluding hydrogens is 288 g/mol. The quantitative estimate of drug-likeness (QED) is 0.569. The zero-order valence-corrected chi connectivity index (χ0v) is 11.6. The number of nitro groups is 1. The summed E-state index contributed by atoms with van der Waals surface area (Å²) in [6, 6.07) is 10.3. The van der Waals surface area contributed by atoms with E-state index in [0.29, 0.717) is 23.5 Å². The van der Waals surface area contributed by atoms with Gasteiger partial charge in [-0.2, -0.15) is 0 Å². The lowest BCUT2D eigenvalue weighted by Crippen LogP contribution is -1.98. The first-order chi connectivity index (χ1) is 10.7. The van der Waals surface area contributed by atoms with E-state index in [1.807, 2.05) is 6.92 Å². The number of rotatable bonds is 5. The summed E-state index contributed by atoms with van der Waals surface area (Å²) in [5.41, 5.74) is 1.29. The summed E-state index contributed by atoms with van der Waals surface area (Å²) in [5, 5.41) is 21.5. The van der Waals surface area contributed by atoms with Crippen molar-refractivity contribution in [3.05, 3.63) is 46.5 Å². The molecule has 0 amide bonds. The first kappa shape index (κ1) is 13.8. The minimum absolute atomic E-state index is 0.112. The number of aromatic nitrogens is 2. The van der Waals surface area contributed by atoms with Crippen molar-refractivity contribution in [2.45, 2.75) is 6.92 Å². The SMILES string of the molecule is CCOc1ccc(Nc2ccc3nonc3c2[N+](=O)[O-])cc1. The smallest absolute Gasteiger partial charge is 0.323 e. The number of anilines is 2. The predicted octanol–water partition coefficient (Wildman–Crippen LogP) is 3.27. The normalized spacial score (nSPS) is 10.6. The summed E-state index contributed by atoms with van der Waals surface area (Å²) >= 11 is 0. The molecular formula is C14H12N4O4. The Morgan fingerprint density at radius 3 is 2.68 bits per heavy atom. The van der Waals surface area contributed by atoms with Crippen LogP contribution in [0.2, 0.25) is 0 Å². The number of nitro benzene ring substituents is 1. The summed E-state index contributed by atoms with van der Waals surface area (Å²) < 4.78 is 9.91. The number of nitrogens with one attached hydrogen (secondary N) is 1. The Morgan fingerprint density at radius 2 is 2.00 bits per heavy atom. The van der Waals surface area contributed by atoms with Crippen molar-refractivity contribution in [3.8, 4) is 5.75 Å². The topological polar surface area (TPSA) is 103 Å². The maximum absolute atomic E-state index is 11.3. The fraction of sp³-hybridized carbons (Fsp3) is 0.143. The molecule has 0 aliphatic rings. The second-order valence-electron chi connectivity index (χ2n) is 4.43. The molecule has 2 aromatic carbocycles. The van der Waals surface area contributed by atoms with E-state index in [0.717, 1.165) is 5.75 Å². The molecule has 0 aliphatic heterocycles. The standard InChI is InChI=1S/C14H12N4O4/c1-2-21-10-5-3-9(4-6-10)15-12-8-7-11-13(17-22-16-11)14(12)18(19)20/h3-8,15H,2H2,1H3. The van der Waals surface area contributed by atoms with Gasteiger partial charge in [0, 0.05) is 5.69 Å². The Bertz CT molecular complexity index is 813. The van der Waals surface area contributed by atoms with Gasteiger partial charge in [0.2, 0.25) is 5.52 Å². The van der Waals surface area contributed by atoms with Crippen LogP contribution in [0.25, 0.3) is 11.0 Å². The second-order valence-corrected chi connectivity index (χ2v) is 4.43. The Morgan fingerprint density at radius 1 is 1.23 bits per heavy atom. The Kier molecular flexibility index (Phi) is 3.57. The minimum Gasteiger partial charge on any atom is -0.494 e. The van der Waals surface area contributed by atoms with Crippen LogP contribution in [-0.4, -0.2) is 21.8 Å². The average molecular weight is 300 g/mol. The molecule has 8 nitrogen and oxygen atoms in total. The highest BCUT2D eigenvalue weighted by Gasteiger charge is 2.22. The highest BCUT2D eigenvalue weighted by atomic mass is 16.6. The molecule has 112 valence electrons. The first-order valence-electron chi connectivity index (χ1n) is 6.58. The van der Waals surface area contributed by atoms with Gasteiger partial charge < -0.3 is 10.1 Å². The minimum atomic E-state index is -0.510. The summed E-state index contributed by atoms with van der Waals surface area (Å²) in [4.78, 5) is 10.8. The van der Waals surface area contributed by atoms with Crippen molar-refractivity contribution in [1.29, 1.82) is 0 Å². The van der Waals surface area contributed by atoms with Crippen LogP contribution in [0.5, 0.6) is 5.75 Å². The number of ether oxygens (including phenoxy) is 1. The van der Waals surface area contributed by atoms with Crippen LogP contribution < -0.4 is 10.1 Å². The highest BCUT2D eigenvalue weighted by molar-refractivity contribution is 5.91. The van der Waals surface area contributed by atoms with Gasteiger partial charge in [-0.1, -0.05) is 0 Å². The predicted molar refractivity (Wildman–Crippen MR) is 79.4 cm³/mol. The molecule has 8 heteroatoms. The van der Waals surface area contributed by atoms with Crippen molar-refractivity contribution >= 4 is 28.1 Å². The molecule has 0 fully saturated rings. The molecule has 0 atom stereocenters.